The zero-order valence-electron chi connectivity index (χ0n) is 12.8. The van der Waals surface area contributed by atoms with Gasteiger partial charge in [0.1, 0.15) is 0 Å². The number of hydrazone groups is 1. The van der Waals surface area contributed by atoms with E-state index in [0.29, 0.717) is 16.4 Å². The first-order valence-electron chi connectivity index (χ1n) is 7.19. The van der Waals surface area contributed by atoms with Crippen LogP contribution in [-0.2, 0) is 0 Å². The average molecular weight is 338 g/mol. The Hall–Kier alpha value is -3.06. The molecule has 0 radical (unpaired) electrons. The van der Waals surface area contributed by atoms with Crippen LogP contribution in [0, 0.1) is 10.1 Å². The number of anilines is 1. The smallest absolute Gasteiger partial charge is 0.258 e. The predicted octanol–water partition coefficient (Wildman–Crippen LogP) is 4.55. The SMILES string of the molecule is C/C(=N\Nc1nc(-c2ccccc2)cs1)c1cccc([N+](=O)[O-])c1. The van der Waals surface area contributed by atoms with Crippen molar-refractivity contribution in [2.75, 3.05) is 5.43 Å². The maximum atomic E-state index is 10.8. The largest absolute Gasteiger partial charge is 0.270 e. The minimum atomic E-state index is -0.419. The van der Waals surface area contributed by atoms with Crippen molar-refractivity contribution >= 4 is 27.9 Å². The Morgan fingerprint density at radius 3 is 2.75 bits per heavy atom. The highest BCUT2D eigenvalue weighted by molar-refractivity contribution is 7.14. The van der Waals surface area contributed by atoms with E-state index in [9.17, 15) is 10.1 Å². The molecule has 0 aliphatic heterocycles. The topological polar surface area (TPSA) is 80.4 Å². The van der Waals surface area contributed by atoms with Crippen LogP contribution < -0.4 is 5.43 Å². The van der Waals surface area contributed by atoms with Crippen LogP contribution >= 0.6 is 11.3 Å². The number of hydrogen-bond acceptors (Lipinski definition) is 6. The van der Waals surface area contributed by atoms with Gasteiger partial charge >= 0.3 is 0 Å². The highest BCUT2D eigenvalue weighted by Gasteiger charge is 2.08. The molecule has 3 rings (SSSR count). The number of non-ortho nitro benzene ring substituents is 1. The molecule has 0 atom stereocenters. The summed E-state index contributed by atoms with van der Waals surface area (Å²) >= 11 is 1.45. The molecule has 1 heterocycles. The quantitative estimate of drug-likeness (QED) is 0.420. The maximum absolute atomic E-state index is 10.8. The minimum Gasteiger partial charge on any atom is -0.258 e. The molecule has 0 unspecified atom stereocenters. The van der Waals surface area contributed by atoms with Crippen LogP contribution in [0.3, 0.4) is 0 Å². The van der Waals surface area contributed by atoms with Crippen LogP contribution in [0.2, 0.25) is 0 Å². The lowest BCUT2D eigenvalue weighted by Gasteiger charge is -2.01. The summed E-state index contributed by atoms with van der Waals surface area (Å²) in [6.07, 6.45) is 0. The lowest BCUT2D eigenvalue weighted by molar-refractivity contribution is -0.384. The fraction of sp³-hybridized carbons (Fsp3) is 0.0588. The Kier molecular flexibility index (Phi) is 4.62. The van der Waals surface area contributed by atoms with Gasteiger partial charge in [-0.1, -0.05) is 42.5 Å². The van der Waals surface area contributed by atoms with Crippen molar-refractivity contribution in [3.63, 3.8) is 0 Å². The van der Waals surface area contributed by atoms with Gasteiger partial charge in [0.15, 0.2) is 0 Å². The number of nitrogens with zero attached hydrogens (tertiary/aromatic N) is 3. The molecule has 0 aliphatic carbocycles. The van der Waals surface area contributed by atoms with Crippen molar-refractivity contribution in [2.45, 2.75) is 6.92 Å². The van der Waals surface area contributed by atoms with E-state index in [0.717, 1.165) is 11.3 Å². The summed E-state index contributed by atoms with van der Waals surface area (Å²) in [6.45, 7) is 1.79. The standard InChI is InChI=1S/C17H14N4O2S/c1-12(14-8-5-9-15(10-14)21(22)23)19-20-17-18-16(11-24-17)13-6-3-2-4-7-13/h2-11H,1H3,(H,18,20)/b19-12+. The van der Waals surface area contributed by atoms with Crippen molar-refractivity contribution in [3.05, 3.63) is 75.7 Å². The summed E-state index contributed by atoms with van der Waals surface area (Å²) in [6, 6.07) is 16.3. The molecular weight excluding hydrogens is 324 g/mol. The number of nitrogens with one attached hydrogen (secondary N) is 1. The van der Waals surface area contributed by atoms with Gasteiger partial charge in [-0.2, -0.15) is 5.10 Å². The van der Waals surface area contributed by atoms with Gasteiger partial charge in [0.25, 0.3) is 5.69 Å². The third kappa shape index (κ3) is 3.64. The molecule has 0 spiro atoms. The molecule has 6 nitrogen and oxygen atoms in total. The molecule has 2 aromatic carbocycles. The van der Waals surface area contributed by atoms with Crippen LogP contribution in [0.4, 0.5) is 10.8 Å². The molecule has 0 saturated carbocycles. The maximum Gasteiger partial charge on any atom is 0.270 e. The van der Waals surface area contributed by atoms with E-state index >= 15 is 0 Å². The fourth-order valence-corrected chi connectivity index (χ4v) is 2.77. The van der Waals surface area contributed by atoms with Crippen molar-refractivity contribution in [1.29, 1.82) is 0 Å². The third-order valence-corrected chi connectivity index (χ3v) is 4.11. The second kappa shape index (κ2) is 7.01. The molecule has 120 valence electrons. The van der Waals surface area contributed by atoms with Crippen LogP contribution in [0.5, 0.6) is 0 Å². The van der Waals surface area contributed by atoms with Crippen LogP contribution in [0.15, 0.2) is 65.1 Å². The second-order valence-corrected chi connectivity index (χ2v) is 5.88. The number of nitro groups is 1. The van der Waals surface area contributed by atoms with E-state index in [4.69, 9.17) is 0 Å². The fourth-order valence-electron chi connectivity index (χ4n) is 2.11. The molecule has 0 bridgehead atoms. The summed E-state index contributed by atoms with van der Waals surface area (Å²) in [7, 11) is 0. The van der Waals surface area contributed by atoms with Crippen LogP contribution in [0.25, 0.3) is 11.3 Å². The molecular formula is C17H14N4O2S. The van der Waals surface area contributed by atoms with E-state index < -0.39 is 4.92 Å². The molecule has 7 heteroatoms. The number of hydrogen-bond donors (Lipinski definition) is 1. The minimum absolute atomic E-state index is 0.0441. The Labute approximate surface area is 142 Å². The van der Waals surface area contributed by atoms with E-state index in [1.807, 2.05) is 35.7 Å². The highest BCUT2D eigenvalue weighted by atomic mass is 32.1. The molecule has 1 N–H and O–H groups in total. The highest BCUT2D eigenvalue weighted by Crippen LogP contribution is 2.24. The Bertz CT molecular complexity index is 890. The Morgan fingerprint density at radius 1 is 1.21 bits per heavy atom. The predicted molar refractivity (Wildman–Crippen MR) is 96.5 cm³/mol. The summed E-state index contributed by atoms with van der Waals surface area (Å²) in [5.41, 5.74) is 6.21. The molecule has 0 aliphatic rings. The van der Waals surface area contributed by atoms with Crippen molar-refractivity contribution in [1.82, 2.24) is 4.98 Å². The molecule has 3 aromatic rings. The Balaban J connectivity index is 1.75. The number of rotatable bonds is 5. The van der Waals surface area contributed by atoms with Gasteiger partial charge in [-0.05, 0) is 6.92 Å². The van der Waals surface area contributed by atoms with Crippen molar-refractivity contribution in [2.24, 2.45) is 5.10 Å². The van der Waals surface area contributed by atoms with E-state index in [2.05, 4.69) is 15.5 Å². The first-order valence-corrected chi connectivity index (χ1v) is 8.07. The van der Waals surface area contributed by atoms with E-state index in [-0.39, 0.29) is 5.69 Å². The molecule has 0 amide bonds. The average Bonchev–Trinajstić information content (AvgIpc) is 3.09. The van der Waals surface area contributed by atoms with Crippen molar-refractivity contribution in [3.8, 4) is 11.3 Å². The van der Waals surface area contributed by atoms with Crippen molar-refractivity contribution < 1.29 is 4.92 Å². The van der Waals surface area contributed by atoms with Gasteiger partial charge in [-0.3, -0.25) is 15.5 Å². The first kappa shape index (κ1) is 15.8. The molecule has 0 fully saturated rings. The molecule has 1 aromatic heterocycles. The summed E-state index contributed by atoms with van der Waals surface area (Å²) in [5.74, 6) is 0. The lowest BCUT2D eigenvalue weighted by atomic mass is 10.1. The monoisotopic (exact) mass is 338 g/mol. The summed E-state index contributed by atoms with van der Waals surface area (Å²) in [4.78, 5) is 14.9. The number of aromatic nitrogens is 1. The number of thiazole rings is 1. The van der Waals surface area contributed by atoms with Gasteiger partial charge in [-0.15, -0.1) is 11.3 Å². The second-order valence-electron chi connectivity index (χ2n) is 5.02. The lowest BCUT2D eigenvalue weighted by Crippen LogP contribution is -2.00. The molecule has 0 saturated heterocycles. The van der Waals surface area contributed by atoms with Gasteiger partial charge in [0, 0.05) is 28.6 Å². The van der Waals surface area contributed by atoms with Gasteiger partial charge in [0.05, 0.1) is 16.3 Å². The summed E-state index contributed by atoms with van der Waals surface area (Å²) in [5, 5.41) is 17.7. The first-order chi connectivity index (χ1) is 11.6. The normalized spacial score (nSPS) is 11.3. The van der Waals surface area contributed by atoms with Crippen LogP contribution in [-0.4, -0.2) is 15.6 Å². The van der Waals surface area contributed by atoms with Gasteiger partial charge in [-0.25, -0.2) is 4.98 Å². The van der Waals surface area contributed by atoms with Gasteiger partial charge < -0.3 is 0 Å². The third-order valence-electron chi connectivity index (χ3n) is 3.37. The molecule has 24 heavy (non-hydrogen) atoms. The zero-order valence-corrected chi connectivity index (χ0v) is 13.7. The number of benzene rings is 2. The number of nitro benzene ring substituents is 1. The van der Waals surface area contributed by atoms with Gasteiger partial charge in [0.2, 0.25) is 5.13 Å². The van der Waals surface area contributed by atoms with E-state index in [1.54, 1.807) is 19.1 Å². The summed E-state index contributed by atoms with van der Waals surface area (Å²) < 4.78 is 0. The van der Waals surface area contributed by atoms with E-state index in [1.165, 1.54) is 23.5 Å². The zero-order chi connectivity index (χ0) is 16.9. The Morgan fingerprint density at radius 2 is 2.00 bits per heavy atom. The van der Waals surface area contributed by atoms with Crippen LogP contribution in [0.1, 0.15) is 12.5 Å².